The van der Waals surface area contributed by atoms with E-state index in [1.165, 1.54) is 21.2 Å². The molecule has 0 aliphatic rings. The van der Waals surface area contributed by atoms with Gasteiger partial charge in [0, 0.05) is 17.1 Å². The summed E-state index contributed by atoms with van der Waals surface area (Å²) < 4.78 is 1.17. The van der Waals surface area contributed by atoms with Gasteiger partial charge in [0.25, 0.3) is 0 Å². The number of halogens is 1. The van der Waals surface area contributed by atoms with Crippen molar-refractivity contribution in [2.24, 2.45) is 0 Å². The van der Waals surface area contributed by atoms with Gasteiger partial charge in [-0.25, -0.2) is 0 Å². The molecule has 0 saturated heterocycles. The van der Waals surface area contributed by atoms with E-state index in [1.54, 1.807) is 0 Å². The largest absolute Gasteiger partial charge is 0.306 e. The molecule has 1 N–H and O–H groups in total. The zero-order chi connectivity index (χ0) is 13.7. The summed E-state index contributed by atoms with van der Waals surface area (Å²) in [6.07, 6.45) is 1.09. The summed E-state index contributed by atoms with van der Waals surface area (Å²) in [7, 11) is 0. The van der Waals surface area contributed by atoms with E-state index < -0.39 is 0 Å². The fourth-order valence-corrected chi connectivity index (χ4v) is 2.60. The Morgan fingerprint density at radius 2 is 1.74 bits per heavy atom. The highest BCUT2D eigenvalue weighted by atomic mass is 79.9. The SMILES string of the molecule is CCC(NCc1ccccc1Br)c1ccc(C)cc1. The molecule has 2 aromatic rings. The Morgan fingerprint density at radius 1 is 1.05 bits per heavy atom. The van der Waals surface area contributed by atoms with Crippen LogP contribution in [0.25, 0.3) is 0 Å². The Labute approximate surface area is 124 Å². The number of hydrogen-bond acceptors (Lipinski definition) is 1. The van der Waals surface area contributed by atoms with Crippen molar-refractivity contribution in [3.05, 3.63) is 69.7 Å². The Morgan fingerprint density at radius 3 is 2.37 bits per heavy atom. The minimum atomic E-state index is 0.410. The van der Waals surface area contributed by atoms with Gasteiger partial charge >= 0.3 is 0 Å². The second-order valence-corrected chi connectivity index (χ2v) is 5.70. The summed E-state index contributed by atoms with van der Waals surface area (Å²) in [4.78, 5) is 0. The van der Waals surface area contributed by atoms with Crippen LogP contribution in [0.15, 0.2) is 53.0 Å². The third-order valence-corrected chi connectivity index (χ3v) is 4.16. The monoisotopic (exact) mass is 317 g/mol. The van der Waals surface area contributed by atoms with Crippen LogP contribution in [0.4, 0.5) is 0 Å². The van der Waals surface area contributed by atoms with Crippen LogP contribution in [0.2, 0.25) is 0 Å². The lowest BCUT2D eigenvalue weighted by Gasteiger charge is -2.18. The molecule has 2 aromatic carbocycles. The average Bonchev–Trinajstić information content (AvgIpc) is 2.43. The van der Waals surface area contributed by atoms with Gasteiger partial charge in [-0.15, -0.1) is 0 Å². The van der Waals surface area contributed by atoms with E-state index in [0.717, 1.165) is 13.0 Å². The maximum Gasteiger partial charge on any atom is 0.0320 e. The molecule has 0 heterocycles. The number of aryl methyl sites for hydroxylation is 1. The fraction of sp³-hybridized carbons (Fsp3) is 0.294. The standard InChI is InChI=1S/C17H20BrN/c1-3-17(14-10-8-13(2)9-11-14)19-12-15-6-4-5-7-16(15)18/h4-11,17,19H,3,12H2,1-2H3. The number of hydrogen-bond donors (Lipinski definition) is 1. The Balaban J connectivity index is 2.04. The second-order valence-electron chi connectivity index (χ2n) is 4.84. The Kier molecular flexibility index (Phi) is 5.17. The maximum absolute atomic E-state index is 3.63. The van der Waals surface area contributed by atoms with Crippen molar-refractivity contribution in [3.8, 4) is 0 Å². The van der Waals surface area contributed by atoms with E-state index in [1.807, 2.05) is 6.07 Å². The van der Waals surface area contributed by atoms with Gasteiger partial charge in [-0.1, -0.05) is 70.9 Å². The normalized spacial score (nSPS) is 12.4. The summed E-state index contributed by atoms with van der Waals surface area (Å²) in [6.45, 7) is 5.23. The van der Waals surface area contributed by atoms with E-state index in [9.17, 15) is 0 Å². The summed E-state index contributed by atoms with van der Waals surface area (Å²) in [5.41, 5.74) is 3.97. The van der Waals surface area contributed by atoms with E-state index in [2.05, 4.69) is 77.6 Å². The first-order valence-electron chi connectivity index (χ1n) is 6.74. The van der Waals surface area contributed by atoms with Crippen molar-refractivity contribution in [1.82, 2.24) is 5.32 Å². The summed E-state index contributed by atoms with van der Waals surface area (Å²) in [5.74, 6) is 0. The highest BCUT2D eigenvalue weighted by Gasteiger charge is 2.09. The maximum atomic E-state index is 3.63. The average molecular weight is 318 g/mol. The molecule has 19 heavy (non-hydrogen) atoms. The fourth-order valence-electron chi connectivity index (χ4n) is 2.17. The van der Waals surface area contributed by atoms with Gasteiger partial charge in [0.1, 0.15) is 0 Å². The van der Waals surface area contributed by atoms with Gasteiger partial charge in [0.15, 0.2) is 0 Å². The van der Waals surface area contributed by atoms with Gasteiger partial charge in [-0.05, 0) is 30.5 Å². The summed E-state index contributed by atoms with van der Waals surface area (Å²) in [6, 6.07) is 17.6. The molecule has 1 nitrogen and oxygen atoms in total. The van der Waals surface area contributed by atoms with Crippen molar-refractivity contribution in [2.75, 3.05) is 0 Å². The van der Waals surface area contributed by atoms with Crippen molar-refractivity contribution >= 4 is 15.9 Å². The molecule has 0 fully saturated rings. The summed E-state index contributed by atoms with van der Waals surface area (Å²) >= 11 is 3.59. The third-order valence-electron chi connectivity index (χ3n) is 3.38. The minimum Gasteiger partial charge on any atom is -0.306 e. The Hall–Kier alpha value is -1.12. The van der Waals surface area contributed by atoms with Crippen LogP contribution in [0.1, 0.15) is 36.1 Å². The quantitative estimate of drug-likeness (QED) is 0.818. The Bertz CT molecular complexity index is 519. The van der Waals surface area contributed by atoms with Crippen molar-refractivity contribution < 1.29 is 0 Å². The topological polar surface area (TPSA) is 12.0 Å². The van der Waals surface area contributed by atoms with Crippen LogP contribution in [-0.2, 0) is 6.54 Å². The molecule has 0 bridgehead atoms. The molecule has 2 heteroatoms. The molecule has 1 unspecified atom stereocenters. The van der Waals surface area contributed by atoms with Gasteiger partial charge in [-0.3, -0.25) is 0 Å². The molecule has 0 radical (unpaired) electrons. The highest BCUT2D eigenvalue weighted by Crippen LogP contribution is 2.20. The van der Waals surface area contributed by atoms with E-state index >= 15 is 0 Å². The first-order valence-corrected chi connectivity index (χ1v) is 7.53. The summed E-state index contributed by atoms with van der Waals surface area (Å²) in [5, 5.41) is 3.63. The van der Waals surface area contributed by atoms with Gasteiger partial charge in [0.05, 0.1) is 0 Å². The van der Waals surface area contributed by atoms with Gasteiger partial charge in [0.2, 0.25) is 0 Å². The lowest BCUT2D eigenvalue weighted by Crippen LogP contribution is -2.20. The van der Waals surface area contributed by atoms with Gasteiger partial charge in [-0.2, -0.15) is 0 Å². The number of rotatable bonds is 5. The van der Waals surface area contributed by atoms with Crippen molar-refractivity contribution in [3.63, 3.8) is 0 Å². The molecule has 100 valence electrons. The van der Waals surface area contributed by atoms with Crippen molar-refractivity contribution in [1.29, 1.82) is 0 Å². The van der Waals surface area contributed by atoms with Crippen LogP contribution in [-0.4, -0.2) is 0 Å². The smallest absolute Gasteiger partial charge is 0.0320 e. The number of nitrogens with one attached hydrogen (secondary N) is 1. The predicted octanol–water partition coefficient (Wildman–Crippen LogP) is 5.00. The molecule has 0 aliphatic heterocycles. The van der Waals surface area contributed by atoms with Crippen LogP contribution in [0, 0.1) is 6.92 Å². The predicted molar refractivity (Wildman–Crippen MR) is 85.2 cm³/mol. The van der Waals surface area contributed by atoms with E-state index in [4.69, 9.17) is 0 Å². The highest BCUT2D eigenvalue weighted by molar-refractivity contribution is 9.10. The first-order chi connectivity index (χ1) is 9.20. The molecular weight excluding hydrogens is 298 g/mol. The zero-order valence-electron chi connectivity index (χ0n) is 11.5. The van der Waals surface area contributed by atoms with Crippen LogP contribution in [0.3, 0.4) is 0 Å². The third kappa shape index (κ3) is 3.92. The second kappa shape index (κ2) is 6.88. The molecule has 0 aromatic heterocycles. The van der Waals surface area contributed by atoms with E-state index in [-0.39, 0.29) is 0 Å². The molecule has 0 spiro atoms. The zero-order valence-corrected chi connectivity index (χ0v) is 13.1. The molecule has 0 aliphatic carbocycles. The molecular formula is C17H20BrN. The van der Waals surface area contributed by atoms with Crippen LogP contribution in [0.5, 0.6) is 0 Å². The minimum absolute atomic E-state index is 0.410. The lowest BCUT2D eigenvalue weighted by molar-refractivity contribution is 0.518. The first kappa shape index (κ1) is 14.3. The van der Waals surface area contributed by atoms with E-state index in [0.29, 0.717) is 6.04 Å². The molecule has 0 saturated carbocycles. The molecule has 0 amide bonds. The van der Waals surface area contributed by atoms with Crippen LogP contribution < -0.4 is 5.32 Å². The molecule has 2 rings (SSSR count). The number of benzene rings is 2. The van der Waals surface area contributed by atoms with Crippen LogP contribution >= 0.6 is 15.9 Å². The lowest BCUT2D eigenvalue weighted by atomic mass is 10.0. The van der Waals surface area contributed by atoms with Gasteiger partial charge < -0.3 is 5.32 Å². The molecule has 1 atom stereocenters. The van der Waals surface area contributed by atoms with Crippen molar-refractivity contribution in [2.45, 2.75) is 32.9 Å².